The number of hydrogen-bond donors (Lipinski definition) is 1. The maximum atomic E-state index is 13.9. The van der Waals surface area contributed by atoms with Crippen LogP contribution in [0.25, 0.3) is 0 Å². The highest BCUT2D eigenvalue weighted by Gasteiger charge is 2.36. The first-order valence-corrected chi connectivity index (χ1v) is 12.0. The van der Waals surface area contributed by atoms with Gasteiger partial charge >= 0.3 is 0 Å². The maximum Gasteiger partial charge on any atom is 0.289 e. The van der Waals surface area contributed by atoms with E-state index in [0.29, 0.717) is 17.0 Å². The van der Waals surface area contributed by atoms with Crippen molar-refractivity contribution in [2.45, 2.75) is 38.8 Å². The van der Waals surface area contributed by atoms with Gasteiger partial charge in [-0.3, -0.25) is 4.79 Å². The summed E-state index contributed by atoms with van der Waals surface area (Å²) in [5.41, 5.74) is 1.01. The van der Waals surface area contributed by atoms with E-state index in [1.807, 2.05) is 0 Å². The number of amides is 1. The Bertz CT molecular complexity index is 1120. The van der Waals surface area contributed by atoms with Crippen molar-refractivity contribution in [1.82, 2.24) is 15.3 Å². The molecule has 0 spiro atoms. The summed E-state index contributed by atoms with van der Waals surface area (Å²) in [6.07, 6.45) is 5.27. The lowest BCUT2D eigenvalue weighted by Crippen LogP contribution is -2.32. The molecule has 1 saturated carbocycles. The van der Waals surface area contributed by atoms with Gasteiger partial charge in [0.15, 0.2) is 15.6 Å². The van der Waals surface area contributed by atoms with Crippen LogP contribution in [0.3, 0.4) is 0 Å². The van der Waals surface area contributed by atoms with Gasteiger partial charge in [0, 0.05) is 29.2 Å². The topological polar surface area (TPSA) is 98.2 Å². The van der Waals surface area contributed by atoms with Crippen LogP contribution < -0.4 is 10.1 Å². The fraction of sp³-hybridized carbons (Fsp3) is 0.381. The Morgan fingerprint density at radius 3 is 2.71 bits per heavy atom. The molecule has 2 aromatic rings. The summed E-state index contributed by atoms with van der Waals surface area (Å²) in [4.78, 5) is 20.6. The zero-order chi connectivity index (χ0) is 22.8. The van der Waals surface area contributed by atoms with Gasteiger partial charge in [0.2, 0.25) is 5.82 Å². The van der Waals surface area contributed by atoms with Crippen molar-refractivity contribution in [1.29, 1.82) is 0 Å². The SMILES string of the molecule is Cc1nc(C(=O)N[C@H](C)/C=C/S(C)(=O)=O)ncc1O[C@@H](c1cccc(F)c1Cl)C1CC1. The third-order valence-electron chi connectivity index (χ3n) is 4.70. The van der Waals surface area contributed by atoms with E-state index in [1.54, 1.807) is 26.0 Å². The molecule has 1 aromatic heterocycles. The number of hydrogen-bond acceptors (Lipinski definition) is 6. The summed E-state index contributed by atoms with van der Waals surface area (Å²) in [7, 11) is -3.29. The van der Waals surface area contributed by atoms with E-state index in [4.69, 9.17) is 16.3 Å². The molecule has 0 bridgehead atoms. The third kappa shape index (κ3) is 6.24. The van der Waals surface area contributed by atoms with Crippen molar-refractivity contribution in [2.24, 2.45) is 5.92 Å². The predicted octanol–water partition coefficient (Wildman–Crippen LogP) is 3.78. The van der Waals surface area contributed by atoms with Crippen molar-refractivity contribution in [3.8, 4) is 5.75 Å². The van der Waals surface area contributed by atoms with Gasteiger partial charge in [0.05, 0.1) is 16.9 Å². The monoisotopic (exact) mass is 467 g/mol. The number of carbonyl (C=O) groups is 1. The van der Waals surface area contributed by atoms with Gasteiger partial charge in [-0.25, -0.2) is 22.8 Å². The number of carbonyl (C=O) groups excluding carboxylic acids is 1. The normalized spacial score (nSPS) is 16.2. The van der Waals surface area contributed by atoms with Crippen LogP contribution in [0.1, 0.15) is 47.7 Å². The summed E-state index contributed by atoms with van der Waals surface area (Å²) in [6, 6.07) is 4.09. The largest absolute Gasteiger partial charge is 0.482 e. The van der Waals surface area contributed by atoms with E-state index in [1.165, 1.54) is 18.3 Å². The van der Waals surface area contributed by atoms with Crippen LogP contribution in [0.15, 0.2) is 35.9 Å². The minimum atomic E-state index is -3.29. The fourth-order valence-electron chi connectivity index (χ4n) is 2.95. The number of rotatable bonds is 8. The van der Waals surface area contributed by atoms with Crippen molar-refractivity contribution < 1.29 is 22.3 Å². The first-order chi connectivity index (χ1) is 14.5. The molecule has 1 heterocycles. The van der Waals surface area contributed by atoms with Crippen LogP contribution in [-0.4, -0.2) is 36.6 Å². The summed E-state index contributed by atoms with van der Waals surface area (Å²) in [6.45, 7) is 3.31. The predicted molar refractivity (Wildman–Crippen MR) is 115 cm³/mol. The van der Waals surface area contributed by atoms with Crippen molar-refractivity contribution >= 4 is 27.3 Å². The van der Waals surface area contributed by atoms with Crippen LogP contribution in [0.5, 0.6) is 5.75 Å². The molecule has 0 aliphatic heterocycles. The number of aromatic nitrogens is 2. The van der Waals surface area contributed by atoms with Gasteiger partial charge in [0.1, 0.15) is 11.9 Å². The third-order valence-corrected chi connectivity index (χ3v) is 5.75. The van der Waals surface area contributed by atoms with Crippen LogP contribution in [0, 0.1) is 18.7 Å². The molecule has 7 nitrogen and oxygen atoms in total. The lowest BCUT2D eigenvalue weighted by molar-refractivity contribution is 0.0935. The van der Waals surface area contributed by atoms with Crippen molar-refractivity contribution in [2.75, 3.05) is 6.26 Å². The van der Waals surface area contributed by atoms with Crippen LogP contribution in [0.4, 0.5) is 4.39 Å². The molecule has 10 heteroatoms. The average molecular weight is 468 g/mol. The van der Waals surface area contributed by atoms with Gasteiger partial charge in [0.25, 0.3) is 5.91 Å². The number of nitrogens with one attached hydrogen (secondary N) is 1. The summed E-state index contributed by atoms with van der Waals surface area (Å²) in [5.74, 6) is -0.543. The fourth-order valence-corrected chi connectivity index (χ4v) is 3.71. The van der Waals surface area contributed by atoms with E-state index in [9.17, 15) is 17.6 Å². The highest BCUT2D eigenvalue weighted by molar-refractivity contribution is 7.93. The number of sulfone groups is 1. The summed E-state index contributed by atoms with van der Waals surface area (Å²) < 4.78 is 42.4. The molecular weight excluding hydrogens is 445 g/mol. The van der Waals surface area contributed by atoms with Crippen molar-refractivity contribution in [3.63, 3.8) is 0 Å². The zero-order valence-corrected chi connectivity index (χ0v) is 18.9. The van der Waals surface area contributed by atoms with E-state index in [-0.39, 0.29) is 16.8 Å². The molecule has 1 fully saturated rings. The molecule has 1 N–H and O–H groups in total. The molecule has 0 radical (unpaired) electrons. The minimum absolute atomic E-state index is 0.0325. The smallest absolute Gasteiger partial charge is 0.289 e. The lowest BCUT2D eigenvalue weighted by atomic mass is 10.0. The Balaban J connectivity index is 1.75. The zero-order valence-electron chi connectivity index (χ0n) is 17.3. The highest BCUT2D eigenvalue weighted by atomic mass is 35.5. The van der Waals surface area contributed by atoms with Gasteiger partial charge in [-0.05, 0) is 32.8 Å². The molecule has 166 valence electrons. The summed E-state index contributed by atoms with van der Waals surface area (Å²) >= 11 is 6.15. The van der Waals surface area contributed by atoms with Crippen LogP contribution >= 0.6 is 11.6 Å². The van der Waals surface area contributed by atoms with Gasteiger partial charge < -0.3 is 10.1 Å². The van der Waals surface area contributed by atoms with E-state index < -0.39 is 33.7 Å². The van der Waals surface area contributed by atoms with Crippen LogP contribution in [-0.2, 0) is 9.84 Å². The number of benzene rings is 1. The van der Waals surface area contributed by atoms with Crippen LogP contribution in [0.2, 0.25) is 5.02 Å². The Morgan fingerprint density at radius 2 is 2.10 bits per heavy atom. The average Bonchev–Trinajstić information content (AvgIpc) is 3.52. The molecule has 3 rings (SSSR count). The molecule has 2 atom stereocenters. The molecule has 1 amide bonds. The second-order valence-electron chi connectivity index (χ2n) is 7.58. The number of aryl methyl sites for hydroxylation is 1. The Kier molecular flexibility index (Phi) is 6.96. The molecule has 1 aliphatic rings. The maximum absolute atomic E-state index is 13.9. The first kappa shape index (κ1) is 23.1. The second-order valence-corrected chi connectivity index (χ2v) is 9.89. The molecule has 0 saturated heterocycles. The quantitative estimate of drug-likeness (QED) is 0.634. The number of halogens is 2. The number of ether oxygens (including phenoxy) is 1. The standard InChI is InChI=1S/C21H23ClFN3O4S/c1-12(9-10-31(3,28)29)25-21(27)20-24-11-17(13(2)26-20)30-19(14-7-8-14)15-5-4-6-16(23)18(15)22/h4-6,9-12,14,19H,7-8H2,1-3H3,(H,25,27)/b10-9+/t12-,19-/m1/s1. The van der Waals surface area contributed by atoms with Gasteiger partial charge in [-0.2, -0.15) is 0 Å². The van der Waals surface area contributed by atoms with E-state index in [2.05, 4.69) is 15.3 Å². The Hall–Kier alpha value is -2.52. The van der Waals surface area contributed by atoms with E-state index >= 15 is 0 Å². The van der Waals surface area contributed by atoms with Gasteiger partial charge in [-0.15, -0.1) is 0 Å². The molecular formula is C21H23ClFN3O4S. The summed E-state index contributed by atoms with van der Waals surface area (Å²) in [5, 5.41) is 3.67. The van der Waals surface area contributed by atoms with E-state index in [0.717, 1.165) is 24.5 Å². The van der Waals surface area contributed by atoms with Gasteiger partial charge in [-0.1, -0.05) is 29.8 Å². The Labute approximate surface area is 185 Å². The first-order valence-electron chi connectivity index (χ1n) is 9.68. The molecule has 0 unspecified atom stereocenters. The number of nitrogens with zero attached hydrogens (tertiary/aromatic N) is 2. The lowest BCUT2D eigenvalue weighted by Gasteiger charge is -2.21. The molecule has 1 aliphatic carbocycles. The second kappa shape index (κ2) is 9.32. The molecule has 1 aromatic carbocycles. The highest BCUT2D eigenvalue weighted by Crippen LogP contribution is 2.46. The molecule has 31 heavy (non-hydrogen) atoms. The Morgan fingerprint density at radius 1 is 1.39 bits per heavy atom. The minimum Gasteiger partial charge on any atom is -0.482 e. The van der Waals surface area contributed by atoms with Crippen molar-refractivity contribution in [3.05, 3.63) is 63.8 Å².